The monoisotopic (exact) mass is 909 g/mol. The maximum atomic E-state index is 13.5. The van der Waals surface area contributed by atoms with Crippen LogP contribution < -0.4 is 30.1 Å². The van der Waals surface area contributed by atoms with Crippen molar-refractivity contribution in [3.05, 3.63) is 118 Å². The number of nitriles is 1. The number of aryl methyl sites for hydroxylation is 1. The first-order valence-electron chi connectivity index (χ1n) is 22.6. The van der Waals surface area contributed by atoms with Crippen molar-refractivity contribution in [2.24, 2.45) is 29.7 Å². The highest BCUT2D eigenvalue weighted by Crippen LogP contribution is 2.55. The van der Waals surface area contributed by atoms with Crippen LogP contribution in [0, 0.1) is 34.0 Å². The van der Waals surface area contributed by atoms with Gasteiger partial charge in [-0.2, -0.15) is 5.26 Å². The van der Waals surface area contributed by atoms with Crippen LogP contribution in [0.25, 0.3) is 22.0 Å². The summed E-state index contributed by atoms with van der Waals surface area (Å²) in [5.74, 6) is 4.32. The summed E-state index contributed by atoms with van der Waals surface area (Å²) >= 11 is 6.26. The lowest BCUT2D eigenvalue weighted by molar-refractivity contribution is -0.164. The van der Waals surface area contributed by atoms with E-state index >= 15 is 0 Å². The van der Waals surface area contributed by atoms with E-state index in [2.05, 4.69) is 63.8 Å². The molecule has 2 saturated heterocycles. The van der Waals surface area contributed by atoms with Gasteiger partial charge >= 0.3 is 0 Å². The number of rotatable bonds is 12. The quantitative estimate of drug-likeness (QED) is 0.107. The van der Waals surface area contributed by atoms with Crippen LogP contribution in [0.2, 0.25) is 5.02 Å². The summed E-state index contributed by atoms with van der Waals surface area (Å²) in [4.78, 5) is 47.9. The number of amides is 1. The SMILES string of the molecule is Cn1cc(-c2cc(C(C)(C)O)ccc2Oc2ccc(N3CC(CC4CCN(c5ncc(C(=O)NC6C(C)(C)C(Oc7ccc(C#N)c(Cl)c7)C6(C)C)cn5)CC4)C3)nc2)c2cc[nH]c2c1=O. The van der Waals surface area contributed by atoms with Gasteiger partial charge in [0, 0.05) is 97.5 Å². The van der Waals surface area contributed by atoms with E-state index in [-0.39, 0.29) is 34.4 Å². The predicted octanol–water partition coefficient (Wildman–Crippen LogP) is 8.62. The highest BCUT2D eigenvalue weighted by Gasteiger charge is 2.64. The third kappa shape index (κ3) is 8.46. The number of carbonyl (C=O) groups excluding carboxylic acids is 1. The molecule has 0 spiro atoms. The van der Waals surface area contributed by atoms with Gasteiger partial charge in [0.05, 0.1) is 27.9 Å². The number of H-pyrrole nitrogens is 1. The molecule has 0 atom stereocenters. The number of benzene rings is 2. The molecule has 6 aromatic rings. The van der Waals surface area contributed by atoms with Gasteiger partial charge in [0.1, 0.15) is 40.8 Å². The van der Waals surface area contributed by atoms with Crippen LogP contribution in [-0.4, -0.2) is 73.8 Å². The van der Waals surface area contributed by atoms with Gasteiger partial charge in [-0.1, -0.05) is 45.4 Å². The zero-order valence-electron chi connectivity index (χ0n) is 38.4. The molecule has 342 valence electrons. The number of halogens is 1. The molecule has 1 aliphatic carbocycles. The minimum Gasteiger partial charge on any atom is -0.489 e. The van der Waals surface area contributed by atoms with Gasteiger partial charge < -0.3 is 39.2 Å². The molecule has 4 aromatic heterocycles. The number of aromatic amines is 1. The molecule has 1 saturated carbocycles. The average molecular weight is 911 g/mol. The highest BCUT2D eigenvalue weighted by molar-refractivity contribution is 6.31. The van der Waals surface area contributed by atoms with Crippen LogP contribution in [0.3, 0.4) is 0 Å². The number of pyridine rings is 2. The summed E-state index contributed by atoms with van der Waals surface area (Å²) in [5, 5.41) is 24.4. The molecule has 0 bridgehead atoms. The lowest BCUT2D eigenvalue weighted by Crippen LogP contribution is -2.74. The third-order valence-corrected chi connectivity index (χ3v) is 14.3. The molecule has 14 nitrogen and oxygen atoms in total. The maximum Gasteiger partial charge on any atom is 0.274 e. The second-order valence-electron chi connectivity index (χ2n) is 20.0. The number of hydrogen-bond acceptors (Lipinski definition) is 11. The smallest absolute Gasteiger partial charge is 0.274 e. The average Bonchev–Trinajstić information content (AvgIpc) is 3.78. The van der Waals surface area contributed by atoms with Crippen LogP contribution >= 0.6 is 11.6 Å². The van der Waals surface area contributed by atoms with Gasteiger partial charge in [0.15, 0.2) is 0 Å². The largest absolute Gasteiger partial charge is 0.489 e. The lowest BCUT2D eigenvalue weighted by Gasteiger charge is -2.63. The fourth-order valence-electron chi connectivity index (χ4n) is 10.6. The Kier molecular flexibility index (Phi) is 11.6. The molecular weight excluding hydrogens is 854 g/mol. The molecule has 9 rings (SSSR count). The van der Waals surface area contributed by atoms with Gasteiger partial charge in [-0.15, -0.1) is 0 Å². The number of fused-ring (bicyclic) bond motifs is 1. The van der Waals surface area contributed by atoms with Gasteiger partial charge in [0.25, 0.3) is 11.5 Å². The van der Waals surface area contributed by atoms with Crippen molar-refractivity contribution in [3.8, 4) is 34.4 Å². The summed E-state index contributed by atoms with van der Waals surface area (Å²) < 4.78 is 14.4. The Labute approximate surface area is 389 Å². The van der Waals surface area contributed by atoms with Crippen LogP contribution in [0.1, 0.15) is 82.3 Å². The summed E-state index contributed by atoms with van der Waals surface area (Å²) in [6.45, 7) is 15.4. The van der Waals surface area contributed by atoms with E-state index in [1.165, 1.54) is 0 Å². The molecule has 0 unspecified atom stereocenters. The molecule has 6 heterocycles. The molecule has 2 aliphatic heterocycles. The zero-order valence-corrected chi connectivity index (χ0v) is 39.2. The number of ether oxygens (including phenoxy) is 2. The normalized spacial score (nSPS) is 19.5. The van der Waals surface area contributed by atoms with Gasteiger partial charge in [-0.05, 0) is 93.0 Å². The Morgan fingerprint density at radius 2 is 1.65 bits per heavy atom. The summed E-state index contributed by atoms with van der Waals surface area (Å²) in [7, 11) is 1.73. The summed E-state index contributed by atoms with van der Waals surface area (Å²) in [6, 6.07) is 18.4. The van der Waals surface area contributed by atoms with Crippen molar-refractivity contribution in [2.45, 2.75) is 78.6 Å². The zero-order chi connectivity index (χ0) is 46.7. The van der Waals surface area contributed by atoms with E-state index < -0.39 is 5.60 Å². The third-order valence-electron chi connectivity index (χ3n) is 14.0. The second-order valence-corrected chi connectivity index (χ2v) is 20.4. The van der Waals surface area contributed by atoms with Crippen LogP contribution in [0.4, 0.5) is 11.8 Å². The first-order chi connectivity index (χ1) is 31.4. The van der Waals surface area contributed by atoms with Gasteiger partial charge in [-0.3, -0.25) is 9.59 Å². The minimum absolute atomic E-state index is 0.119. The van der Waals surface area contributed by atoms with Crippen molar-refractivity contribution in [1.82, 2.24) is 29.8 Å². The number of hydrogen-bond donors (Lipinski definition) is 3. The lowest BCUT2D eigenvalue weighted by atomic mass is 9.49. The van der Waals surface area contributed by atoms with Gasteiger partial charge in [0.2, 0.25) is 5.95 Å². The number of piperidine rings is 1. The number of aromatic nitrogens is 5. The Hall–Kier alpha value is -6.43. The molecule has 2 aromatic carbocycles. The molecule has 1 amide bonds. The topological polar surface area (TPSA) is 175 Å². The fraction of sp³-hybridized carbons (Fsp3) is 0.412. The van der Waals surface area contributed by atoms with Crippen LogP contribution in [0.5, 0.6) is 17.2 Å². The van der Waals surface area contributed by atoms with E-state index in [9.17, 15) is 20.0 Å². The first-order valence-corrected chi connectivity index (χ1v) is 23.0. The summed E-state index contributed by atoms with van der Waals surface area (Å²) in [6.07, 6.45) is 11.6. The van der Waals surface area contributed by atoms with Crippen molar-refractivity contribution >= 4 is 40.2 Å². The van der Waals surface area contributed by atoms with E-state index in [0.29, 0.717) is 56.7 Å². The van der Waals surface area contributed by atoms with E-state index in [4.69, 9.17) is 26.1 Å². The molecule has 0 radical (unpaired) electrons. The number of aliphatic hydroxyl groups is 1. The van der Waals surface area contributed by atoms with Crippen molar-refractivity contribution in [1.29, 1.82) is 5.26 Å². The summed E-state index contributed by atoms with van der Waals surface area (Å²) in [5.41, 5.74) is 1.66. The Bertz CT molecular complexity index is 2870. The number of anilines is 2. The molecule has 66 heavy (non-hydrogen) atoms. The minimum atomic E-state index is -1.08. The van der Waals surface area contributed by atoms with E-state index in [1.807, 2.05) is 36.4 Å². The Morgan fingerprint density at radius 3 is 2.30 bits per heavy atom. The Morgan fingerprint density at radius 1 is 0.939 bits per heavy atom. The van der Waals surface area contributed by atoms with Crippen molar-refractivity contribution in [2.75, 3.05) is 36.0 Å². The number of nitrogens with one attached hydrogen (secondary N) is 2. The maximum absolute atomic E-state index is 13.5. The van der Waals surface area contributed by atoms with Crippen molar-refractivity contribution < 1.29 is 19.4 Å². The standard InChI is InChI=1S/C51H56ClN9O5/c1-49(2)46(50(3,4)47(49)66-35-10-8-32(23-53)40(52)22-35)58-44(62)33-24-56-48(57-25-33)60-18-15-30(16-19-60)20-31-27-61(28-31)42-13-11-36(26-55-42)65-41-12-9-34(51(5,6)64)21-38(41)39-29-59(7)45(63)43-37(39)14-17-54-43/h8-14,17,21-22,24-26,29-31,46-47,54,64H,15-16,18-20,27-28H2,1-7H3,(H,58,62). The molecule has 3 fully saturated rings. The highest BCUT2D eigenvalue weighted by atomic mass is 35.5. The first kappa shape index (κ1) is 44.8. The van der Waals surface area contributed by atoms with E-state index in [1.54, 1.807) is 74.6 Å². The fourth-order valence-corrected chi connectivity index (χ4v) is 10.8. The second kappa shape index (κ2) is 17.1. The van der Waals surface area contributed by atoms with Crippen LogP contribution in [0.15, 0.2) is 90.4 Å². The van der Waals surface area contributed by atoms with Crippen molar-refractivity contribution in [3.63, 3.8) is 0 Å². The molecule has 3 N–H and O–H groups in total. The van der Waals surface area contributed by atoms with Crippen LogP contribution in [-0.2, 0) is 12.6 Å². The molecule has 15 heteroatoms. The predicted molar refractivity (Wildman–Crippen MR) is 255 cm³/mol. The van der Waals surface area contributed by atoms with E-state index in [0.717, 1.165) is 73.3 Å². The Balaban J connectivity index is 0.749. The molecular formula is C51H56ClN9O5. The van der Waals surface area contributed by atoms with Gasteiger partial charge in [-0.25, -0.2) is 15.0 Å². The molecule has 3 aliphatic rings. The number of carbonyl (C=O) groups is 1. The number of nitrogens with zero attached hydrogens (tertiary/aromatic N) is 7.